The first-order valence-corrected chi connectivity index (χ1v) is 5.99. The molecule has 0 aromatic carbocycles. The van der Waals surface area contributed by atoms with Crippen molar-refractivity contribution in [2.24, 2.45) is 5.73 Å². The highest BCUT2D eigenvalue weighted by Gasteiger charge is 2.07. The second-order valence-electron chi connectivity index (χ2n) is 4.49. The van der Waals surface area contributed by atoms with Gasteiger partial charge in [0.05, 0.1) is 0 Å². The van der Waals surface area contributed by atoms with Crippen LogP contribution in [0.2, 0.25) is 0 Å². The van der Waals surface area contributed by atoms with Gasteiger partial charge in [-0.05, 0) is 30.7 Å². The van der Waals surface area contributed by atoms with Gasteiger partial charge in [-0.1, -0.05) is 6.07 Å². The monoisotopic (exact) mass is 255 g/mol. The minimum absolute atomic E-state index is 0.0570. The van der Waals surface area contributed by atoms with E-state index in [2.05, 4.69) is 9.97 Å². The predicted molar refractivity (Wildman–Crippen MR) is 76.3 cm³/mol. The zero-order valence-electron chi connectivity index (χ0n) is 11.1. The SMILES string of the molecule is Cc1cc(C(=N)N)cc(N(C)Cc2cccnc2)n1. The van der Waals surface area contributed by atoms with E-state index in [9.17, 15) is 0 Å². The molecule has 2 aromatic heterocycles. The number of nitrogens with one attached hydrogen (secondary N) is 1. The summed E-state index contributed by atoms with van der Waals surface area (Å²) in [7, 11) is 1.96. The molecule has 0 aliphatic rings. The number of aromatic nitrogens is 2. The summed E-state index contributed by atoms with van der Waals surface area (Å²) in [5.74, 6) is 0.857. The molecular weight excluding hydrogens is 238 g/mol. The van der Waals surface area contributed by atoms with Gasteiger partial charge in [-0.3, -0.25) is 10.4 Å². The molecule has 0 bridgehead atoms. The Balaban J connectivity index is 2.24. The highest BCUT2D eigenvalue weighted by Crippen LogP contribution is 2.15. The van der Waals surface area contributed by atoms with Crippen LogP contribution in [0.15, 0.2) is 36.7 Å². The number of rotatable bonds is 4. The number of hydrogen-bond donors (Lipinski definition) is 2. The van der Waals surface area contributed by atoms with Crippen molar-refractivity contribution in [1.29, 1.82) is 5.41 Å². The van der Waals surface area contributed by atoms with Crippen molar-refractivity contribution in [3.63, 3.8) is 0 Å². The van der Waals surface area contributed by atoms with Crippen LogP contribution in [0.5, 0.6) is 0 Å². The largest absolute Gasteiger partial charge is 0.384 e. The molecule has 0 aliphatic carbocycles. The minimum Gasteiger partial charge on any atom is -0.384 e. The third kappa shape index (κ3) is 3.28. The molecule has 2 rings (SSSR count). The van der Waals surface area contributed by atoms with Crippen LogP contribution in [-0.4, -0.2) is 22.9 Å². The Morgan fingerprint density at radius 3 is 2.84 bits per heavy atom. The predicted octanol–water partition coefficient (Wildman–Crippen LogP) is 1.71. The van der Waals surface area contributed by atoms with Crippen LogP contribution in [0.3, 0.4) is 0 Å². The summed E-state index contributed by atoms with van der Waals surface area (Å²) in [5, 5.41) is 7.51. The van der Waals surface area contributed by atoms with E-state index in [-0.39, 0.29) is 5.84 Å². The Hall–Kier alpha value is -2.43. The lowest BCUT2D eigenvalue weighted by Gasteiger charge is -2.19. The van der Waals surface area contributed by atoms with E-state index in [1.807, 2.05) is 49.3 Å². The minimum atomic E-state index is 0.0570. The molecule has 0 atom stereocenters. The molecule has 19 heavy (non-hydrogen) atoms. The van der Waals surface area contributed by atoms with Gasteiger partial charge in [-0.15, -0.1) is 0 Å². The van der Waals surface area contributed by atoms with Gasteiger partial charge < -0.3 is 10.6 Å². The molecule has 0 saturated carbocycles. The van der Waals surface area contributed by atoms with E-state index in [4.69, 9.17) is 11.1 Å². The summed E-state index contributed by atoms with van der Waals surface area (Å²) in [6, 6.07) is 7.56. The molecule has 0 saturated heterocycles. The van der Waals surface area contributed by atoms with Crippen LogP contribution in [0.1, 0.15) is 16.8 Å². The summed E-state index contributed by atoms with van der Waals surface area (Å²) in [6.45, 7) is 2.61. The Morgan fingerprint density at radius 1 is 1.42 bits per heavy atom. The van der Waals surface area contributed by atoms with Crippen LogP contribution < -0.4 is 10.6 Å². The van der Waals surface area contributed by atoms with E-state index >= 15 is 0 Å². The third-order valence-electron chi connectivity index (χ3n) is 2.78. The van der Waals surface area contributed by atoms with Crippen LogP contribution >= 0.6 is 0 Å². The molecule has 0 amide bonds. The third-order valence-corrected chi connectivity index (χ3v) is 2.78. The first-order chi connectivity index (χ1) is 9.06. The zero-order chi connectivity index (χ0) is 13.8. The molecule has 0 fully saturated rings. The summed E-state index contributed by atoms with van der Waals surface area (Å²) in [6.07, 6.45) is 3.58. The van der Waals surface area contributed by atoms with E-state index < -0.39 is 0 Å². The topological polar surface area (TPSA) is 78.9 Å². The molecule has 0 spiro atoms. The van der Waals surface area contributed by atoms with Crippen molar-refractivity contribution in [3.8, 4) is 0 Å². The molecule has 5 nitrogen and oxygen atoms in total. The van der Waals surface area contributed by atoms with Crippen molar-refractivity contribution in [1.82, 2.24) is 9.97 Å². The highest BCUT2D eigenvalue weighted by molar-refractivity contribution is 5.95. The van der Waals surface area contributed by atoms with E-state index in [0.29, 0.717) is 12.1 Å². The number of nitrogen functional groups attached to an aromatic ring is 1. The molecule has 98 valence electrons. The van der Waals surface area contributed by atoms with Crippen LogP contribution in [0, 0.1) is 12.3 Å². The number of pyridine rings is 2. The van der Waals surface area contributed by atoms with E-state index in [1.54, 1.807) is 6.20 Å². The normalized spacial score (nSPS) is 10.2. The quantitative estimate of drug-likeness (QED) is 0.644. The molecule has 3 N–H and O–H groups in total. The second-order valence-corrected chi connectivity index (χ2v) is 4.49. The van der Waals surface area contributed by atoms with E-state index in [0.717, 1.165) is 17.1 Å². The number of hydrogen-bond acceptors (Lipinski definition) is 4. The number of nitrogens with two attached hydrogens (primary N) is 1. The lowest BCUT2D eigenvalue weighted by Crippen LogP contribution is -2.20. The first kappa shape index (κ1) is 13.0. The molecule has 0 radical (unpaired) electrons. The fourth-order valence-electron chi connectivity index (χ4n) is 1.85. The van der Waals surface area contributed by atoms with Crippen molar-refractivity contribution in [2.75, 3.05) is 11.9 Å². The van der Waals surface area contributed by atoms with Crippen LogP contribution in [0.25, 0.3) is 0 Å². The molecule has 2 aromatic rings. The Kier molecular flexibility index (Phi) is 3.75. The maximum atomic E-state index is 7.51. The van der Waals surface area contributed by atoms with Gasteiger partial charge >= 0.3 is 0 Å². The van der Waals surface area contributed by atoms with Crippen LogP contribution in [-0.2, 0) is 6.54 Å². The standard InChI is InChI=1S/C14H17N5/c1-10-6-12(14(15)16)7-13(18-10)19(2)9-11-4-3-5-17-8-11/h3-8H,9H2,1-2H3,(H3,15,16). The second kappa shape index (κ2) is 5.48. The fourth-order valence-corrected chi connectivity index (χ4v) is 1.85. The summed E-state index contributed by atoms with van der Waals surface area (Å²) in [5.41, 5.74) is 8.18. The van der Waals surface area contributed by atoms with Crippen molar-refractivity contribution in [2.45, 2.75) is 13.5 Å². The van der Waals surface area contributed by atoms with Crippen LogP contribution in [0.4, 0.5) is 5.82 Å². The molecule has 2 heterocycles. The molecule has 0 aliphatic heterocycles. The van der Waals surface area contributed by atoms with Crippen molar-refractivity contribution >= 4 is 11.7 Å². The van der Waals surface area contributed by atoms with Gasteiger partial charge in [0.15, 0.2) is 0 Å². The average Bonchev–Trinajstić information content (AvgIpc) is 2.39. The number of nitrogens with zero attached hydrogens (tertiary/aromatic N) is 3. The Labute approximate surface area is 112 Å². The van der Waals surface area contributed by atoms with Gasteiger partial charge in [0.2, 0.25) is 0 Å². The number of amidine groups is 1. The average molecular weight is 255 g/mol. The first-order valence-electron chi connectivity index (χ1n) is 5.99. The van der Waals surface area contributed by atoms with E-state index in [1.165, 1.54) is 0 Å². The van der Waals surface area contributed by atoms with Gasteiger partial charge in [0.25, 0.3) is 0 Å². The maximum absolute atomic E-state index is 7.51. The summed E-state index contributed by atoms with van der Waals surface area (Å²) >= 11 is 0. The smallest absolute Gasteiger partial charge is 0.129 e. The lowest BCUT2D eigenvalue weighted by molar-refractivity contribution is 0.886. The van der Waals surface area contributed by atoms with Gasteiger partial charge in [0.1, 0.15) is 11.7 Å². The summed E-state index contributed by atoms with van der Waals surface area (Å²) < 4.78 is 0. The molecule has 5 heteroatoms. The molecular formula is C14H17N5. The van der Waals surface area contributed by atoms with Gasteiger partial charge in [-0.25, -0.2) is 4.98 Å². The summed E-state index contributed by atoms with van der Waals surface area (Å²) in [4.78, 5) is 10.6. The lowest BCUT2D eigenvalue weighted by atomic mass is 10.2. The zero-order valence-corrected chi connectivity index (χ0v) is 11.1. The fraction of sp³-hybridized carbons (Fsp3) is 0.214. The van der Waals surface area contributed by atoms with Crippen molar-refractivity contribution in [3.05, 3.63) is 53.5 Å². The van der Waals surface area contributed by atoms with Gasteiger partial charge in [0, 0.05) is 37.2 Å². The number of aryl methyl sites for hydroxylation is 1. The Morgan fingerprint density at radius 2 is 2.21 bits per heavy atom. The van der Waals surface area contributed by atoms with Crippen molar-refractivity contribution < 1.29 is 0 Å². The Bertz CT molecular complexity index is 580. The maximum Gasteiger partial charge on any atom is 0.129 e. The number of anilines is 1. The highest BCUT2D eigenvalue weighted by atomic mass is 15.2. The molecule has 0 unspecified atom stereocenters. The van der Waals surface area contributed by atoms with Gasteiger partial charge in [-0.2, -0.15) is 0 Å².